The molecule has 0 unspecified atom stereocenters. The van der Waals surface area contributed by atoms with Crippen molar-refractivity contribution < 1.29 is 9.53 Å². The highest BCUT2D eigenvalue weighted by molar-refractivity contribution is 5.78. The van der Waals surface area contributed by atoms with Crippen LogP contribution in [0.25, 0.3) is 16.8 Å². The zero-order valence-corrected chi connectivity index (χ0v) is 16.7. The Morgan fingerprint density at radius 2 is 1.67 bits per heavy atom. The van der Waals surface area contributed by atoms with E-state index in [-0.39, 0.29) is 18.6 Å². The van der Waals surface area contributed by atoms with E-state index in [0.717, 1.165) is 22.4 Å². The van der Waals surface area contributed by atoms with E-state index in [1.54, 1.807) is 12.5 Å². The van der Waals surface area contributed by atoms with Crippen LogP contribution in [-0.4, -0.2) is 22.1 Å². The van der Waals surface area contributed by atoms with Gasteiger partial charge in [-0.1, -0.05) is 54.6 Å². The van der Waals surface area contributed by atoms with Gasteiger partial charge in [-0.3, -0.25) is 4.79 Å². The molecule has 0 aliphatic heterocycles. The van der Waals surface area contributed by atoms with Crippen molar-refractivity contribution in [2.75, 3.05) is 6.61 Å². The number of imidazole rings is 1. The summed E-state index contributed by atoms with van der Waals surface area (Å²) < 4.78 is 7.58. The fourth-order valence-corrected chi connectivity index (χ4v) is 3.24. The van der Waals surface area contributed by atoms with Crippen LogP contribution in [-0.2, 0) is 4.79 Å². The Balaban J connectivity index is 1.29. The van der Waals surface area contributed by atoms with Gasteiger partial charge < -0.3 is 14.6 Å². The summed E-state index contributed by atoms with van der Waals surface area (Å²) >= 11 is 0. The largest absolute Gasteiger partial charge is 0.484 e. The van der Waals surface area contributed by atoms with Gasteiger partial charge in [-0.25, -0.2) is 4.98 Å². The molecule has 0 aliphatic carbocycles. The van der Waals surface area contributed by atoms with Gasteiger partial charge >= 0.3 is 0 Å². The van der Waals surface area contributed by atoms with Crippen LogP contribution in [0.1, 0.15) is 18.5 Å². The molecule has 0 saturated carbocycles. The Morgan fingerprint density at radius 3 is 2.33 bits per heavy atom. The number of nitrogens with one attached hydrogen (secondary N) is 1. The van der Waals surface area contributed by atoms with E-state index in [4.69, 9.17) is 4.74 Å². The predicted molar refractivity (Wildman–Crippen MR) is 117 cm³/mol. The maximum absolute atomic E-state index is 12.3. The van der Waals surface area contributed by atoms with Gasteiger partial charge in [0.1, 0.15) is 5.75 Å². The molecule has 150 valence electrons. The van der Waals surface area contributed by atoms with Crippen LogP contribution < -0.4 is 10.1 Å². The Labute approximate surface area is 176 Å². The van der Waals surface area contributed by atoms with E-state index in [9.17, 15) is 4.79 Å². The normalized spacial score (nSPS) is 11.6. The van der Waals surface area contributed by atoms with E-state index in [1.807, 2.05) is 84.4 Å². The van der Waals surface area contributed by atoms with E-state index >= 15 is 0 Å². The molecule has 0 spiro atoms. The number of carbonyl (C=O) groups is 1. The van der Waals surface area contributed by atoms with Crippen LogP contribution in [0.15, 0.2) is 97.6 Å². The lowest BCUT2D eigenvalue weighted by molar-refractivity contribution is -0.123. The number of ether oxygens (including phenoxy) is 1. The smallest absolute Gasteiger partial charge is 0.258 e. The molecular weight excluding hydrogens is 374 g/mol. The molecule has 4 rings (SSSR count). The van der Waals surface area contributed by atoms with Crippen LogP contribution in [0.4, 0.5) is 0 Å². The summed E-state index contributed by atoms with van der Waals surface area (Å²) in [5.74, 6) is 0.510. The monoisotopic (exact) mass is 397 g/mol. The number of rotatable bonds is 7. The van der Waals surface area contributed by atoms with Gasteiger partial charge in [-0.05, 0) is 47.9 Å². The molecular formula is C25H23N3O2. The second kappa shape index (κ2) is 9.09. The third-order valence-corrected chi connectivity index (χ3v) is 4.90. The van der Waals surface area contributed by atoms with Gasteiger partial charge in [-0.2, -0.15) is 0 Å². The predicted octanol–water partition coefficient (Wildman–Crippen LogP) is 4.80. The number of benzene rings is 3. The highest BCUT2D eigenvalue weighted by Crippen LogP contribution is 2.22. The maximum Gasteiger partial charge on any atom is 0.258 e. The minimum Gasteiger partial charge on any atom is -0.484 e. The van der Waals surface area contributed by atoms with Gasteiger partial charge in [-0.15, -0.1) is 0 Å². The second-order valence-electron chi connectivity index (χ2n) is 7.03. The molecule has 5 nitrogen and oxygen atoms in total. The molecule has 0 fully saturated rings. The van der Waals surface area contributed by atoms with Crippen molar-refractivity contribution in [2.24, 2.45) is 0 Å². The summed E-state index contributed by atoms with van der Waals surface area (Å²) in [7, 11) is 0. The minimum absolute atomic E-state index is 0.0257. The number of aromatic nitrogens is 2. The quantitative estimate of drug-likeness (QED) is 0.488. The lowest BCUT2D eigenvalue weighted by atomic mass is 10.1. The SMILES string of the molecule is C[C@H](NC(=O)COc1ccc(-c2ccccc2)cc1)c1ccc(-n2ccnc2)cc1. The van der Waals surface area contributed by atoms with Crippen molar-refractivity contribution in [2.45, 2.75) is 13.0 Å². The van der Waals surface area contributed by atoms with Crippen molar-refractivity contribution in [1.82, 2.24) is 14.9 Å². The number of carbonyl (C=O) groups excluding carboxylic acids is 1. The first kappa shape index (κ1) is 19.5. The summed E-state index contributed by atoms with van der Waals surface area (Å²) in [6.07, 6.45) is 5.39. The van der Waals surface area contributed by atoms with Crippen molar-refractivity contribution >= 4 is 5.91 Å². The number of hydrogen-bond acceptors (Lipinski definition) is 3. The third-order valence-electron chi connectivity index (χ3n) is 4.90. The zero-order chi connectivity index (χ0) is 20.8. The maximum atomic E-state index is 12.3. The van der Waals surface area contributed by atoms with Crippen LogP contribution in [0.3, 0.4) is 0 Å². The van der Waals surface area contributed by atoms with Crippen LogP contribution in [0, 0.1) is 0 Å². The average Bonchev–Trinajstić information content (AvgIpc) is 3.34. The summed E-state index contributed by atoms with van der Waals surface area (Å²) in [6, 6.07) is 25.8. The van der Waals surface area contributed by atoms with Crippen molar-refractivity contribution in [3.8, 4) is 22.6 Å². The van der Waals surface area contributed by atoms with Gasteiger partial charge in [0, 0.05) is 18.1 Å². The standard InChI is InChI=1S/C25H23N3O2/c1-19(20-7-11-23(12-8-20)28-16-15-26-18-28)27-25(29)17-30-24-13-9-22(10-14-24)21-5-3-2-4-6-21/h2-16,18-19H,17H2,1H3,(H,27,29)/t19-/m0/s1. The molecule has 0 radical (unpaired) electrons. The van der Waals surface area contributed by atoms with Crippen molar-refractivity contribution in [3.05, 3.63) is 103 Å². The Hall–Kier alpha value is -3.86. The summed E-state index contributed by atoms with van der Waals surface area (Å²) in [6.45, 7) is 1.93. The molecule has 4 aromatic rings. The van der Waals surface area contributed by atoms with Crippen LogP contribution in [0.2, 0.25) is 0 Å². The van der Waals surface area contributed by atoms with E-state index in [2.05, 4.69) is 22.4 Å². The Bertz CT molecular complexity index is 1070. The molecule has 30 heavy (non-hydrogen) atoms. The molecule has 0 aliphatic rings. The van der Waals surface area contributed by atoms with Crippen LogP contribution in [0.5, 0.6) is 5.75 Å². The third kappa shape index (κ3) is 4.75. The summed E-state index contributed by atoms with van der Waals surface area (Å²) in [5.41, 5.74) is 4.31. The topological polar surface area (TPSA) is 56.1 Å². The molecule has 3 aromatic carbocycles. The minimum atomic E-state index is -0.159. The highest BCUT2D eigenvalue weighted by Gasteiger charge is 2.10. The molecule has 1 aromatic heterocycles. The number of nitrogens with zero attached hydrogens (tertiary/aromatic N) is 2. The van der Waals surface area contributed by atoms with E-state index in [1.165, 1.54) is 0 Å². The number of hydrogen-bond donors (Lipinski definition) is 1. The average molecular weight is 397 g/mol. The highest BCUT2D eigenvalue weighted by atomic mass is 16.5. The second-order valence-corrected chi connectivity index (χ2v) is 7.03. The first-order valence-corrected chi connectivity index (χ1v) is 9.85. The molecule has 5 heteroatoms. The molecule has 1 heterocycles. The van der Waals surface area contributed by atoms with E-state index in [0.29, 0.717) is 5.75 Å². The Morgan fingerprint density at radius 1 is 0.967 bits per heavy atom. The molecule has 1 amide bonds. The first-order chi connectivity index (χ1) is 14.7. The Kier molecular flexibility index (Phi) is 5.90. The lowest BCUT2D eigenvalue weighted by Crippen LogP contribution is -2.31. The number of amides is 1. The van der Waals surface area contributed by atoms with E-state index < -0.39 is 0 Å². The van der Waals surface area contributed by atoms with Gasteiger partial charge in [0.25, 0.3) is 5.91 Å². The fourth-order valence-electron chi connectivity index (χ4n) is 3.24. The van der Waals surface area contributed by atoms with Gasteiger partial charge in [0.15, 0.2) is 6.61 Å². The molecule has 1 atom stereocenters. The van der Waals surface area contributed by atoms with Gasteiger partial charge in [0.2, 0.25) is 0 Å². The summed E-state index contributed by atoms with van der Waals surface area (Å²) in [5, 5.41) is 2.97. The fraction of sp³-hybridized carbons (Fsp3) is 0.120. The van der Waals surface area contributed by atoms with Crippen LogP contribution >= 0.6 is 0 Å². The molecule has 1 N–H and O–H groups in total. The van der Waals surface area contributed by atoms with Crippen molar-refractivity contribution in [3.63, 3.8) is 0 Å². The molecule has 0 saturated heterocycles. The first-order valence-electron chi connectivity index (χ1n) is 9.85. The van der Waals surface area contributed by atoms with Gasteiger partial charge in [0.05, 0.1) is 12.4 Å². The molecule has 0 bridgehead atoms. The van der Waals surface area contributed by atoms with Crippen molar-refractivity contribution in [1.29, 1.82) is 0 Å². The zero-order valence-electron chi connectivity index (χ0n) is 16.7. The summed E-state index contributed by atoms with van der Waals surface area (Å²) in [4.78, 5) is 16.3. The lowest BCUT2D eigenvalue weighted by Gasteiger charge is -2.15.